The first kappa shape index (κ1) is 21.9. The lowest BCUT2D eigenvalue weighted by atomic mass is 10.2. The molecule has 1 amide bonds. The number of likely N-dealkylation sites (N-methyl/N-ethyl adjacent to an activating group) is 1. The van der Waals surface area contributed by atoms with Crippen LogP contribution in [0.15, 0.2) is 53.4 Å². The van der Waals surface area contributed by atoms with E-state index < -0.39 is 10.0 Å². The van der Waals surface area contributed by atoms with Crippen molar-refractivity contribution in [3.05, 3.63) is 59.7 Å². The van der Waals surface area contributed by atoms with Gasteiger partial charge in [0, 0.05) is 23.8 Å². The summed E-state index contributed by atoms with van der Waals surface area (Å²) in [6.07, 6.45) is 0. The summed E-state index contributed by atoms with van der Waals surface area (Å²) in [6, 6.07) is 13.3. The molecule has 152 valence electrons. The number of sulfonamides is 1. The van der Waals surface area contributed by atoms with Crippen molar-refractivity contribution in [1.82, 2.24) is 10.2 Å². The zero-order valence-corrected chi connectivity index (χ0v) is 17.7. The summed E-state index contributed by atoms with van der Waals surface area (Å²) in [5.74, 6) is -0.213. The lowest BCUT2D eigenvalue weighted by molar-refractivity contribution is 0.0938. The third kappa shape index (κ3) is 5.81. The normalized spacial score (nSPS) is 12.6. The fourth-order valence-corrected chi connectivity index (χ4v) is 4.00. The monoisotopic (exact) mass is 403 g/mol. The summed E-state index contributed by atoms with van der Waals surface area (Å²) in [5, 5.41) is 2.91. The Bertz CT molecular complexity index is 874. The summed E-state index contributed by atoms with van der Waals surface area (Å²) < 4.78 is 27.6. The van der Waals surface area contributed by atoms with Gasteiger partial charge in [0.1, 0.15) is 0 Å². The number of nitrogens with one attached hydrogen (secondary N) is 2. The predicted molar refractivity (Wildman–Crippen MR) is 113 cm³/mol. The number of carbonyl (C=O) groups is 1. The van der Waals surface area contributed by atoms with Crippen LogP contribution in [-0.2, 0) is 10.0 Å². The van der Waals surface area contributed by atoms with Crippen LogP contribution in [0.4, 0.5) is 5.69 Å². The molecular weight excluding hydrogens is 374 g/mol. The maximum absolute atomic E-state index is 12.5. The molecule has 0 spiro atoms. The van der Waals surface area contributed by atoms with E-state index in [1.807, 2.05) is 19.1 Å². The van der Waals surface area contributed by atoms with Crippen LogP contribution in [0.2, 0.25) is 0 Å². The zero-order chi connectivity index (χ0) is 20.7. The molecule has 0 aliphatic carbocycles. The lowest BCUT2D eigenvalue weighted by Crippen LogP contribution is -2.42. The van der Waals surface area contributed by atoms with Crippen molar-refractivity contribution < 1.29 is 13.2 Å². The zero-order valence-electron chi connectivity index (χ0n) is 16.9. The highest BCUT2D eigenvalue weighted by molar-refractivity contribution is 7.92. The maximum Gasteiger partial charge on any atom is 0.261 e. The summed E-state index contributed by atoms with van der Waals surface area (Å²) in [5.41, 5.74) is 1.98. The van der Waals surface area contributed by atoms with Crippen molar-refractivity contribution in [2.45, 2.75) is 38.6 Å². The molecule has 0 saturated heterocycles. The van der Waals surface area contributed by atoms with Gasteiger partial charge < -0.3 is 5.32 Å². The molecule has 0 bridgehead atoms. The molecule has 2 aromatic rings. The fraction of sp³-hybridized carbons (Fsp3) is 0.381. The molecule has 2 rings (SSSR count). The Morgan fingerprint density at radius 3 is 2.11 bits per heavy atom. The van der Waals surface area contributed by atoms with Crippen LogP contribution < -0.4 is 10.0 Å². The second-order valence-electron chi connectivity index (χ2n) is 6.78. The number of rotatable bonds is 9. The molecule has 0 aliphatic heterocycles. The third-order valence-corrected chi connectivity index (χ3v) is 6.12. The van der Waals surface area contributed by atoms with Crippen molar-refractivity contribution in [3.8, 4) is 0 Å². The van der Waals surface area contributed by atoms with E-state index in [0.29, 0.717) is 17.8 Å². The average molecular weight is 404 g/mol. The van der Waals surface area contributed by atoms with E-state index in [9.17, 15) is 13.2 Å². The summed E-state index contributed by atoms with van der Waals surface area (Å²) >= 11 is 0. The SMILES string of the molecule is CCN(CC)C(C)CNC(=O)c1ccc(S(=O)(=O)Nc2ccc(C)cc2)cc1. The molecule has 0 aromatic heterocycles. The van der Waals surface area contributed by atoms with Gasteiger partial charge in [0.15, 0.2) is 0 Å². The van der Waals surface area contributed by atoms with Crippen LogP contribution in [0, 0.1) is 6.92 Å². The first-order chi connectivity index (χ1) is 13.3. The lowest BCUT2D eigenvalue weighted by Gasteiger charge is -2.26. The molecule has 2 N–H and O–H groups in total. The van der Waals surface area contributed by atoms with E-state index in [2.05, 4.69) is 35.7 Å². The minimum atomic E-state index is -3.70. The smallest absolute Gasteiger partial charge is 0.261 e. The van der Waals surface area contributed by atoms with Crippen LogP contribution in [0.25, 0.3) is 0 Å². The summed E-state index contributed by atoms with van der Waals surface area (Å²) in [6.45, 7) is 10.6. The molecule has 28 heavy (non-hydrogen) atoms. The van der Waals surface area contributed by atoms with Crippen LogP contribution in [0.5, 0.6) is 0 Å². The van der Waals surface area contributed by atoms with Gasteiger partial charge >= 0.3 is 0 Å². The van der Waals surface area contributed by atoms with E-state index in [0.717, 1.165) is 18.7 Å². The van der Waals surface area contributed by atoms with Gasteiger partial charge in [-0.3, -0.25) is 14.4 Å². The minimum Gasteiger partial charge on any atom is -0.350 e. The minimum absolute atomic E-state index is 0.112. The Morgan fingerprint density at radius 2 is 1.57 bits per heavy atom. The Kier molecular flexibility index (Phi) is 7.60. The second-order valence-corrected chi connectivity index (χ2v) is 8.46. The number of hydrogen-bond donors (Lipinski definition) is 2. The van der Waals surface area contributed by atoms with Gasteiger partial charge in [-0.15, -0.1) is 0 Å². The van der Waals surface area contributed by atoms with Crippen molar-refractivity contribution in [1.29, 1.82) is 0 Å². The standard InChI is InChI=1S/C21H29N3O3S/c1-5-24(6-2)17(4)15-22-21(25)18-9-13-20(14-10-18)28(26,27)23-19-11-7-16(3)8-12-19/h7-14,17,23H,5-6,15H2,1-4H3,(H,22,25). The van der Waals surface area contributed by atoms with Crippen molar-refractivity contribution in [3.63, 3.8) is 0 Å². The molecule has 0 radical (unpaired) electrons. The van der Waals surface area contributed by atoms with Gasteiger partial charge in [0.2, 0.25) is 0 Å². The molecule has 0 aliphatic rings. The van der Waals surface area contributed by atoms with Crippen LogP contribution >= 0.6 is 0 Å². The van der Waals surface area contributed by atoms with Crippen LogP contribution in [0.3, 0.4) is 0 Å². The highest BCUT2D eigenvalue weighted by Gasteiger charge is 2.16. The second kappa shape index (κ2) is 9.71. The molecule has 2 aromatic carbocycles. The number of carbonyl (C=O) groups excluding carboxylic acids is 1. The Hall–Kier alpha value is -2.38. The number of hydrogen-bond acceptors (Lipinski definition) is 4. The first-order valence-corrected chi connectivity index (χ1v) is 11.0. The van der Waals surface area contributed by atoms with E-state index >= 15 is 0 Å². The number of benzene rings is 2. The molecular formula is C21H29N3O3S. The highest BCUT2D eigenvalue weighted by Crippen LogP contribution is 2.17. The summed E-state index contributed by atoms with van der Waals surface area (Å²) in [4.78, 5) is 14.7. The number of aryl methyl sites for hydroxylation is 1. The quantitative estimate of drug-likeness (QED) is 0.674. The van der Waals surface area contributed by atoms with Gasteiger partial charge in [0.05, 0.1) is 4.90 Å². The first-order valence-electron chi connectivity index (χ1n) is 9.48. The molecule has 6 nitrogen and oxygen atoms in total. The molecule has 0 fully saturated rings. The van der Waals surface area contributed by atoms with Crippen LogP contribution in [0.1, 0.15) is 36.7 Å². The molecule has 1 atom stereocenters. The molecule has 0 heterocycles. The third-order valence-electron chi connectivity index (χ3n) is 4.72. The number of anilines is 1. The highest BCUT2D eigenvalue weighted by atomic mass is 32.2. The van der Waals surface area contributed by atoms with Gasteiger partial charge in [-0.1, -0.05) is 31.5 Å². The Labute approximate surface area is 168 Å². The maximum atomic E-state index is 12.5. The Balaban J connectivity index is 2.01. The van der Waals surface area contributed by atoms with Crippen molar-refractivity contribution >= 4 is 21.6 Å². The average Bonchev–Trinajstić information content (AvgIpc) is 2.69. The van der Waals surface area contributed by atoms with E-state index in [1.54, 1.807) is 12.1 Å². The number of amides is 1. The Morgan fingerprint density at radius 1 is 1.00 bits per heavy atom. The van der Waals surface area contributed by atoms with Crippen molar-refractivity contribution in [2.75, 3.05) is 24.4 Å². The molecule has 7 heteroatoms. The van der Waals surface area contributed by atoms with Gasteiger partial charge in [-0.25, -0.2) is 8.42 Å². The largest absolute Gasteiger partial charge is 0.350 e. The van der Waals surface area contributed by atoms with Crippen LogP contribution in [-0.4, -0.2) is 44.9 Å². The molecule has 0 saturated carbocycles. The summed E-state index contributed by atoms with van der Waals surface area (Å²) in [7, 11) is -3.70. The van der Waals surface area contributed by atoms with E-state index in [4.69, 9.17) is 0 Å². The topological polar surface area (TPSA) is 78.5 Å². The van der Waals surface area contributed by atoms with Gasteiger partial charge in [0.25, 0.3) is 15.9 Å². The van der Waals surface area contributed by atoms with Gasteiger partial charge in [-0.05, 0) is 63.3 Å². The predicted octanol–water partition coefficient (Wildman–Crippen LogP) is 3.26. The number of nitrogens with zero attached hydrogens (tertiary/aromatic N) is 1. The fourth-order valence-electron chi connectivity index (χ4n) is 2.94. The van der Waals surface area contributed by atoms with Crippen molar-refractivity contribution in [2.24, 2.45) is 0 Å². The molecule has 1 unspecified atom stereocenters. The van der Waals surface area contributed by atoms with Gasteiger partial charge in [-0.2, -0.15) is 0 Å². The van der Waals surface area contributed by atoms with E-state index in [-0.39, 0.29) is 16.8 Å². The van der Waals surface area contributed by atoms with E-state index in [1.165, 1.54) is 24.3 Å².